The van der Waals surface area contributed by atoms with Gasteiger partial charge in [0.25, 0.3) is 0 Å². The van der Waals surface area contributed by atoms with Crippen molar-refractivity contribution >= 4 is 0 Å². The number of hydrogen-bond donors (Lipinski definition) is 1. The van der Waals surface area contributed by atoms with Crippen molar-refractivity contribution in [2.75, 3.05) is 7.05 Å². The molecule has 0 aliphatic heterocycles. The van der Waals surface area contributed by atoms with E-state index in [9.17, 15) is 0 Å². The Morgan fingerprint density at radius 2 is 2.07 bits per heavy atom. The molecule has 1 heteroatoms. The number of benzene rings is 1. The fourth-order valence-corrected chi connectivity index (χ4v) is 1.48. The second-order valence-corrected chi connectivity index (χ2v) is 3.78. The zero-order valence-corrected chi connectivity index (χ0v) is 9.35. The molecule has 1 N–H and O–H groups in total. The third-order valence-electron chi connectivity index (χ3n) is 2.55. The molecule has 1 rings (SSSR count). The van der Waals surface area contributed by atoms with E-state index in [1.54, 1.807) is 0 Å². The van der Waals surface area contributed by atoms with Crippen LogP contribution in [0.25, 0.3) is 0 Å². The zero-order valence-electron chi connectivity index (χ0n) is 9.35. The van der Waals surface area contributed by atoms with Crippen LogP contribution in [0.5, 0.6) is 0 Å². The van der Waals surface area contributed by atoms with Crippen LogP contribution in [0.2, 0.25) is 0 Å². The molecule has 0 atom stereocenters. The van der Waals surface area contributed by atoms with Crippen LogP contribution in [-0.2, 0) is 6.42 Å². The van der Waals surface area contributed by atoms with Crippen molar-refractivity contribution in [3.05, 3.63) is 47.2 Å². The molecule has 0 aliphatic carbocycles. The molecule has 0 saturated carbocycles. The average molecular weight is 189 g/mol. The molecule has 0 fully saturated rings. The molecule has 0 radical (unpaired) electrons. The van der Waals surface area contributed by atoms with Gasteiger partial charge in [0, 0.05) is 12.7 Å². The van der Waals surface area contributed by atoms with E-state index in [-0.39, 0.29) is 0 Å². The average Bonchev–Trinajstić information content (AvgIpc) is 2.19. The minimum Gasteiger partial charge on any atom is -0.392 e. The molecule has 76 valence electrons. The highest BCUT2D eigenvalue weighted by molar-refractivity contribution is 5.30. The van der Waals surface area contributed by atoms with Crippen molar-refractivity contribution < 1.29 is 0 Å². The van der Waals surface area contributed by atoms with Crippen molar-refractivity contribution in [1.29, 1.82) is 0 Å². The van der Waals surface area contributed by atoms with E-state index < -0.39 is 0 Å². The highest BCUT2D eigenvalue weighted by Gasteiger charge is 1.99. The molecule has 0 aromatic heterocycles. The highest BCUT2D eigenvalue weighted by atomic mass is 14.8. The Labute approximate surface area is 86.8 Å². The smallest absolute Gasteiger partial charge is 0.00343 e. The SMILES string of the molecule is C=C(CCc1cc(C)ccc1C)NC. The molecule has 1 aromatic rings. The number of allylic oxidation sites excluding steroid dienone is 1. The molecule has 1 aromatic carbocycles. The van der Waals surface area contributed by atoms with Gasteiger partial charge in [-0.1, -0.05) is 30.3 Å². The van der Waals surface area contributed by atoms with Gasteiger partial charge in [-0.3, -0.25) is 0 Å². The summed E-state index contributed by atoms with van der Waals surface area (Å²) in [4.78, 5) is 0. The Balaban J connectivity index is 2.66. The first-order valence-electron chi connectivity index (χ1n) is 5.05. The van der Waals surface area contributed by atoms with Crippen LogP contribution in [0.1, 0.15) is 23.1 Å². The fraction of sp³-hybridized carbons (Fsp3) is 0.385. The minimum absolute atomic E-state index is 1.01. The molecule has 0 unspecified atom stereocenters. The monoisotopic (exact) mass is 189 g/mol. The number of rotatable bonds is 4. The van der Waals surface area contributed by atoms with Gasteiger partial charge in [-0.25, -0.2) is 0 Å². The molecule has 1 nitrogen and oxygen atoms in total. The summed E-state index contributed by atoms with van der Waals surface area (Å²) in [5, 5.41) is 3.07. The van der Waals surface area contributed by atoms with Gasteiger partial charge >= 0.3 is 0 Å². The van der Waals surface area contributed by atoms with Crippen LogP contribution in [0, 0.1) is 13.8 Å². The van der Waals surface area contributed by atoms with Crippen molar-refractivity contribution in [2.45, 2.75) is 26.7 Å². The first-order valence-corrected chi connectivity index (χ1v) is 5.05. The maximum Gasteiger partial charge on any atom is 0.00343 e. The normalized spacial score (nSPS) is 9.93. The summed E-state index contributed by atoms with van der Waals surface area (Å²) in [6.07, 6.45) is 2.09. The van der Waals surface area contributed by atoms with Crippen LogP contribution < -0.4 is 5.32 Å². The van der Waals surface area contributed by atoms with Gasteiger partial charge in [0.15, 0.2) is 0 Å². The summed E-state index contributed by atoms with van der Waals surface area (Å²) in [6, 6.07) is 6.61. The van der Waals surface area contributed by atoms with Crippen LogP contribution in [0.3, 0.4) is 0 Å². The van der Waals surface area contributed by atoms with Crippen LogP contribution in [0.15, 0.2) is 30.5 Å². The summed E-state index contributed by atoms with van der Waals surface area (Å²) < 4.78 is 0. The first kappa shape index (κ1) is 10.8. The molecule has 0 saturated heterocycles. The van der Waals surface area contributed by atoms with E-state index in [0.717, 1.165) is 18.5 Å². The predicted octanol–water partition coefficient (Wildman–Crippen LogP) is 2.97. The highest BCUT2D eigenvalue weighted by Crippen LogP contribution is 2.13. The van der Waals surface area contributed by atoms with Crippen LogP contribution in [-0.4, -0.2) is 7.05 Å². The number of nitrogens with one attached hydrogen (secondary N) is 1. The Morgan fingerprint density at radius 1 is 1.36 bits per heavy atom. The fourth-order valence-electron chi connectivity index (χ4n) is 1.48. The molecule has 14 heavy (non-hydrogen) atoms. The zero-order chi connectivity index (χ0) is 10.6. The van der Waals surface area contributed by atoms with E-state index in [2.05, 4.69) is 43.9 Å². The lowest BCUT2D eigenvalue weighted by molar-refractivity contribution is 0.837. The van der Waals surface area contributed by atoms with E-state index in [1.807, 2.05) is 7.05 Å². The van der Waals surface area contributed by atoms with Gasteiger partial charge < -0.3 is 5.32 Å². The third-order valence-corrected chi connectivity index (χ3v) is 2.55. The van der Waals surface area contributed by atoms with Gasteiger partial charge in [0.05, 0.1) is 0 Å². The predicted molar refractivity (Wildman–Crippen MR) is 62.4 cm³/mol. The van der Waals surface area contributed by atoms with E-state index in [4.69, 9.17) is 0 Å². The van der Waals surface area contributed by atoms with E-state index in [0.29, 0.717) is 0 Å². The first-order chi connectivity index (χ1) is 6.63. The van der Waals surface area contributed by atoms with E-state index >= 15 is 0 Å². The molecule has 0 amide bonds. The summed E-state index contributed by atoms with van der Waals surface area (Å²) in [6.45, 7) is 8.23. The van der Waals surface area contributed by atoms with Crippen molar-refractivity contribution in [1.82, 2.24) is 5.32 Å². The molecule has 0 heterocycles. The summed E-state index contributed by atoms with van der Waals surface area (Å²) >= 11 is 0. The minimum atomic E-state index is 1.01. The quantitative estimate of drug-likeness (QED) is 0.768. The molecular weight excluding hydrogens is 170 g/mol. The van der Waals surface area contributed by atoms with Gasteiger partial charge in [0.1, 0.15) is 0 Å². The van der Waals surface area contributed by atoms with Crippen molar-refractivity contribution in [3.63, 3.8) is 0 Å². The van der Waals surface area contributed by atoms with Crippen LogP contribution in [0.4, 0.5) is 0 Å². The van der Waals surface area contributed by atoms with E-state index in [1.165, 1.54) is 16.7 Å². The lowest BCUT2D eigenvalue weighted by Gasteiger charge is -2.08. The lowest BCUT2D eigenvalue weighted by Crippen LogP contribution is -2.05. The van der Waals surface area contributed by atoms with Gasteiger partial charge in [-0.2, -0.15) is 0 Å². The largest absolute Gasteiger partial charge is 0.392 e. The Hall–Kier alpha value is -1.24. The third kappa shape index (κ3) is 2.91. The number of aryl methyl sites for hydroxylation is 3. The summed E-state index contributed by atoms with van der Waals surface area (Å²) in [5.74, 6) is 0. The maximum absolute atomic E-state index is 3.93. The second-order valence-electron chi connectivity index (χ2n) is 3.78. The summed E-state index contributed by atoms with van der Waals surface area (Å²) in [5.41, 5.74) is 5.24. The van der Waals surface area contributed by atoms with Gasteiger partial charge in [-0.05, 0) is 37.8 Å². The molecule has 0 spiro atoms. The Kier molecular flexibility index (Phi) is 3.75. The molecule has 0 bridgehead atoms. The van der Waals surface area contributed by atoms with Gasteiger partial charge in [-0.15, -0.1) is 0 Å². The van der Waals surface area contributed by atoms with Crippen molar-refractivity contribution in [2.24, 2.45) is 0 Å². The number of hydrogen-bond acceptors (Lipinski definition) is 1. The molecular formula is C13H19N. The van der Waals surface area contributed by atoms with Crippen molar-refractivity contribution in [3.8, 4) is 0 Å². The maximum atomic E-state index is 3.93. The second kappa shape index (κ2) is 4.85. The molecule has 0 aliphatic rings. The Bertz CT molecular complexity index is 326. The topological polar surface area (TPSA) is 12.0 Å². The van der Waals surface area contributed by atoms with Crippen LogP contribution >= 0.6 is 0 Å². The lowest BCUT2D eigenvalue weighted by atomic mass is 10.0. The summed E-state index contributed by atoms with van der Waals surface area (Å²) in [7, 11) is 1.92. The Morgan fingerprint density at radius 3 is 2.71 bits per heavy atom. The van der Waals surface area contributed by atoms with Gasteiger partial charge in [0.2, 0.25) is 0 Å². The standard InChI is InChI=1S/C13H19N/c1-10-5-6-11(2)13(9-10)8-7-12(3)14-4/h5-6,9,14H,3,7-8H2,1-2,4H3.